The summed E-state index contributed by atoms with van der Waals surface area (Å²) in [6.45, 7) is -0.298. The van der Waals surface area contributed by atoms with Crippen LogP contribution in [0.15, 0.2) is 36.4 Å². The molecule has 0 aliphatic heterocycles. The molecule has 0 saturated carbocycles. The fourth-order valence-electron chi connectivity index (χ4n) is 3.24. The molecule has 0 unspecified atom stereocenters. The summed E-state index contributed by atoms with van der Waals surface area (Å²) in [7, 11) is 7.57. The summed E-state index contributed by atoms with van der Waals surface area (Å²) in [4.78, 5) is 25.4. The molecular weight excluding hydrogens is 492 g/mol. The molecule has 2 amide bonds. The molecule has 2 rings (SSSR count). The number of benzene rings is 2. The number of nitrogens with one attached hydrogen (secondary N) is 2. The van der Waals surface area contributed by atoms with Gasteiger partial charge >= 0.3 is 0 Å². The number of thiocarbonyl (C=S) groups is 2. The van der Waals surface area contributed by atoms with Gasteiger partial charge in [-0.3, -0.25) is 30.5 Å². The number of carbonyl (C=O) groups excluding carboxylic acids is 2. The molecule has 0 heterocycles. The van der Waals surface area contributed by atoms with E-state index in [-0.39, 0.29) is 16.6 Å². The van der Waals surface area contributed by atoms with E-state index in [2.05, 4.69) is 10.9 Å². The smallest absolute Gasteiger partial charge is 0.248 e. The number of nitrogens with zero attached hydrogens (tertiary/aromatic N) is 2. The Hall–Kier alpha value is -3.48. The predicted octanol–water partition coefficient (Wildman–Crippen LogP) is 1.57. The minimum atomic E-state index is -0.598. The molecule has 35 heavy (non-hydrogen) atoms. The number of methoxy groups -OCH3 is 3. The Balaban J connectivity index is 2.00. The van der Waals surface area contributed by atoms with Gasteiger partial charge in [-0.05, 0) is 18.2 Å². The number of hydrogen-bond acceptors (Lipinski definition) is 8. The molecule has 3 N–H and O–H groups in total. The number of aliphatic hydroxyl groups excluding tert-OH is 1. The van der Waals surface area contributed by atoms with Crippen molar-refractivity contribution in [3.8, 4) is 17.2 Å². The Morgan fingerprint density at radius 2 is 1.31 bits per heavy atom. The van der Waals surface area contributed by atoms with Crippen molar-refractivity contribution in [3.05, 3.63) is 53.1 Å². The number of rotatable bonds is 8. The molecule has 0 saturated heterocycles. The highest BCUT2D eigenvalue weighted by Gasteiger charge is 2.21. The Kier molecular flexibility index (Phi) is 10.2. The molecule has 10 nitrogen and oxygen atoms in total. The van der Waals surface area contributed by atoms with E-state index in [9.17, 15) is 14.7 Å². The number of para-hydroxylation sites is 1. The third-order valence-corrected chi connectivity index (χ3v) is 5.88. The molecule has 188 valence electrons. The van der Waals surface area contributed by atoms with Gasteiger partial charge in [0.25, 0.3) is 0 Å². The van der Waals surface area contributed by atoms with Gasteiger partial charge in [0.1, 0.15) is 22.1 Å². The molecule has 0 atom stereocenters. The van der Waals surface area contributed by atoms with Gasteiger partial charge in [0, 0.05) is 25.2 Å². The average molecular weight is 521 g/mol. The molecule has 0 aromatic heterocycles. The lowest BCUT2D eigenvalue weighted by atomic mass is 10.1. The van der Waals surface area contributed by atoms with Crippen molar-refractivity contribution in [3.63, 3.8) is 0 Å². The van der Waals surface area contributed by atoms with Gasteiger partial charge in [-0.25, -0.2) is 0 Å². The monoisotopic (exact) mass is 520 g/mol. The molecule has 2 aromatic carbocycles. The zero-order valence-corrected chi connectivity index (χ0v) is 21.7. The Labute approximate surface area is 214 Å². The molecular formula is C23H28N4O6S2. The Morgan fingerprint density at radius 1 is 0.829 bits per heavy atom. The number of ether oxygens (including phenoxy) is 3. The van der Waals surface area contributed by atoms with Crippen LogP contribution in [0.1, 0.15) is 23.1 Å². The van der Waals surface area contributed by atoms with Crippen LogP contribution in [0.2, 0.25) is 0 Å². The van der Waals surface area contributed by atoms with Gasteiger partial charge in [0.2, 0.25) is 11.8 Å². The number of aliphatic hydroxyl groups is 1. The van der Waals surface area contributed by atoms with Crippen LogP contribution in [-0.4, -0.2) is 72.3 Å². The standard InChI is InChI=1S/C23H28N4O6S2/c1-26(22(34)14-8-6-10-17(31-3)16(14)13-28)24-19(29)12-20(30)25-27(2)23(35)15-9-7-11-18(32-4)21(15)33-5/h6-11,28H,12-13H2,1-5H3,(H,24,29)(H,25,30). The Morgan fingerprint density at radius 3 is 1.80 bits per heavy atom. The summed E-state index contributed by atoms with van der Waals surface area (Å²) in [6.07, 6.45) is -0.486. The van der Waals surface area contributed by atoms with Crippen molar-refractivity contribution >= 4 is 46.2 Å². The van der Waals surface area contributed by atoms with Crippen LogP contribution in [0.25, 0.3) is 0 Å². The third-order valence-electron chi connectivity index (χ3n) is 4.89. The summed E-state index contributed by atoms with van der Waals surface area (Å²) < 4.78 is 15.9. The highest BCUT2D eigenvalue weighted by molar-refractivity contribution is 7.81. The number of amides is 2. The van der Waals surface area contributed by atoms with Crippen molar-refractivity contribution in [2.45, 2.75) is 13.0 Å². The second kappa shape index (κ2) is 12.8. The van der Waals surface area contributed by atoms with Crippen LogP contribution >= 0.6 is 24.4 Å². The van der Waals surface area contributed by atoms with Crippen LogP contribution in [0.4, 0.5) is 0 Å². The van der Waals surface area contributed by atoms with Crippen molar-refractivity contribution in [1.29, 1.82) is 0 Å². The van der Waals surface area contributed by atoms with E-state index in [1.54, 1.807) is 43.4 Å². The molecule has 0 bridgehead atoms. The van der Waals surface area contributed by atoms with Gasteiger partial charge in [-0.2, -0.15) is 0 Å². The van der Waals surface area contributed by atoms with Crippen molar-refractivity contribution in [2.75, 3.05) is 35.4 Å². The quantitative estimate of drug-likeness (QED) is 0.269. The lowest BCUT2D eigenvalue weighted by molar-refractivity contribution is -0.132. The summed E-state index contributed by atoms with van der Waals surface area (Å²) in [5.74, 6) is 0.197. The lowest BCUT2D eigenvalue weighted by Gasteiger charge is -2.24. The first-order valence-electron chi connectivity index (χ1n) is 10.3. The topological polar surface area (TPSA) is 113 Å². The van der Waals surface area contributed by atoms with Crippen LogP contribution < -0.4 is 25.1 Å². The first kappa shape index (κ1) is 27.8. The maximum Gasteiger partial charge on any atom is 0.248 e. The SMILES string of the molecule is COc1cccc(C(=S)N(C)NC(=O)CC(=O)NN(C)C(=S)c2cccc(OC)c2OC)c1CO. The molecule has 12 heteroatoms. The lowest BCUT2D eigenvalue weighted by Crippen LogP contribution is -2.47. The number of carbonyl (C=O) groups is 2. The maximum absolute atomic E-state index is 12.5. The van der Waals surface area contributed by atoms with E-state index < -0.39 is 18.2 Å². The van der Waals surface area contributed by atoms with Crippen LogP contribution in [-0.2, 0) is 16.2 Å². The van der Waals surface area contributed by atoms with Crippen LogP contribution in [0.3, 0.4) is 0 Å². The van der Waals surface area contributed by atoms with E-state index in [4.69, 9.17) is 38.6 Å². The van der Waals surface area contributed by atoms with Crippen molar-refractivity contribution < 1.29 is 28.9 Å². The maximum atomic E-state index is 12.5. The zero-order chi connectivity index (χ0) is 26.1. The van der Waals surface area contributed by atoms with Crippen LogP contribution in [0, 0.1) is 0 Å². The normalized spacial score (nSPS) is 10.1. The molecule has 0 aliphatic carbocycles. The van der Waals surface area contributed by atoms with Gasteiger partial charge in [0.15, 0.2) is 11.5 Å². The van der Waals surface area contributed by atoms with E-state index >= 15 is 0 Å². The third kappa shape index (κ3) is 6.78. The largest absolute Gasteiger partial charge is 0.496 e. The first-order chi connectivity index (χ1) is 16.7. The fourth-order valence-corrected chi connectivity index (χ4v) is 3.68. The molecule has 0 radical (unpaired) electrons. The summed E-state index contributed by atoms with van der Waals surface area (Å²) >= 11 is 10.9. The average Bonchev–Trinajstić information content (AvgIpc) is 2.85. The summed E-state index contributed by atoms with van der Waals surface area (Å²) in [5.41, 5.74) is 6.65. The summed E-state index contributed by atoms with van der Waals surface area (Å²) in [6, 6.07) is 10.3. The van der Waals surface area contributed by atoms with E-state index in [1.807, 2.05) is 0 Å². The zero-order valence-electron chi connectivity index (χ0n) is 20.1. The van der Waals surface area contributed by atoms with Crippen LogP contribution in [0.5, 0.6) is 17.2 Å². The number of hydrogen-bond donors (Lipinski definition) is 3. The first-order valence-corrected chi connectivity index (χ1v) is 11.1. The van der Waals surface area contributed by atoms with Gasteiger partial charge < -0.3 is 19.3 Å². The fraction of sp³-hybridized carbons (Fsp3) is 0.304. The minimum absolute atomic E-state index is 0.241. The minimum Gasteiger partial charge on any atom is -0.496 e. The van der Waals surface area contributed by atoms with Gasteiger partial charge in [-0.1, -0.05) is 42.6 Å². The highest BCUT2D eigenvalue weighted by Crippen LogP contribution is 2.31. The Bertz CT molecular complexity index is 1030. The van der Waals surface area contributed by atoms with E-state index in [0.717, 1.165) is 0 Å². The van der Waals surface area contributed by atoms with Crippen molar-refractivity contribution in [2.24, 2.45) is 0 Å². The highest BCUT2D eigenvalue weighted by atomic mass is 32.1. The second-order valence-electron chi connectivity index (χ2n) is 7.16. The van der Waals surface area contributed by atoms with Gasteiger partial charge in [-0.15, -0.1) is 0 Å². The predicted molar refractivity (Wildman–Crippen MR) is 138 cm³/mol. The summed E-state index contributed by atoms with van der Waals surface area (Å²) in [5, 5.41) is 12.3. The van der Waals surface area contributed by atoms with E-state index in [1.165, 1.54) is 38.4 Å². The van der Waals surface area contributed by atoms with Crippen molar-refractivity contribution in [1.82, 2.24) is 20.9 Å². The molecule has 0 aliphatic rings. The molecule has 0 fully saturated rings. The van der Waals surface area contributed by atoms with Gasteiger partial charge in [0.05, 0.1) is 33.5 Å². The second-order valence-corrected chi connectivity index (χ2v) is 7.93. The van der Waals surface area contributed by atoms with E-state index in [0.29, 0.717) is 33.9 Å². The molecule has 0 spiro atoms. The number of hydrazine groups is 2. The molecule has 2 aromatic rings.